The predicted octanol–water partition coefficient (Wildman–Crippen LogP) is 1.76. The van der Waals surface area contributed by atoms with Crippen molar-refractivity contribution in [1.82, 2.24) is 9.13 Å². The van der Waals surface area contributed by atoms with Crippen molar-refractivity contribution in [2.75, 3.05) is 13.2 Å². The van der Waals surface area contributed by atoms with E-state index < -0.39 is 23.7 Å². The lowest BCUT2D eigenvalue weighted by Gasteiger charge is -2.21. The summed E-state index contributed by atoms with van der Waals surface area (Å²) < 4.78 is 13.3. The minimum Gasteiger partial charge on any atom is -0.354 e. The molecule has 6 nitrogen and oxygen atoms in total. The van der Waals surface area contributed by atoms with E-state index in [0.29, 0.717) is 12.3 Å². The summed E-state index contributed by atoms with van der Waals surface area (Å²) in [6, 6.07) is 1.39. The molecule has 1 aromatic rings. The Labute approximate surface area is 123 Å². The summed E-state index contributed by atoms with van der Waals surface area (Å²) in [5.41, 5.74) is -0.330. The normalized spacial score (nSPS) is 13.7. The van der Waals surface area contributed by atoms with E-state index in [9.17, 15) is 9.59 Å². The summed E-state index contributed by atoms with van der Waals surface area (Å²) in [5, 5.41) is 0. The van der Waals surface area contributed by atoms with Crippen LogP contribution in [0.25, 0.3) is 0 Å². The highest BCUT2D eigenvalue weighted by atomic mass is 16.5. The van der Waals surface area contributed by atoms with Gasteiger partial charge in [0.1, 0.15) is 12.5 Å². The molecule has 1 rings (SSSR count). The quantitative estimate of drug-likeness (QED) is 0.685. The minimum atomic E-state index is -0.679. The number of aromatic nitrogens is 2. The third-order valence-corrected chi connectivity index (χ3v) is 3.00. The molecule has 0 saturated carbocycles. The first-order chi connectivity index (χ1) is 9.93. The fourth-order valence-electron chi connectivity index (χ4n) is 2.02. The van der Waals surface area contributed by atoms with Crippen LogP contribution in [0.3, 0.4) is 0 Å². The smallest absolute Gasteiger partial charge is 0.335 e. The molecular formula is C15H22N2O4. The Morgan fingerprint density at radius 1 is 1.10 bits per heavy atom. The molecule has 0 radical (unpaired) electrons. The Balaban J connectivity index is 3.28. The summed E-state index contributed by atoms with van der Waals surface area (Å²) in [6.07, 6.45) is 1.97. The molecule has 1 heterocycles. The molecule has 0 aliphatic heterocycles. The van der Waals surface area contributed by atoms with Crippen LogP contribution in [0.2, 0.25) is 0 Å². The average Bonchev–Trinajstić information content (AvgIpc) is 2.42. The summed E-state index contributed by atoms with van der Waals surface area (Å²) in [4.78, 5) is 24.6. The molecule has 0 aromatic carbocycles. The van der Waals surface area contributed by atoms with Crippen LogP contribution in [0.5, 0.6) is 0 Å². The maximum atomic E-state index is 12.5. The van der Waals surface area contributed by atoms with E-state index in [1.54, 1.807) is 32.9 Å². The number of ether oxygens (including phenoxy) is 2. The largest absolute Gasteiger partial charge is 0.354 e. The Hall–Kier alpha value is -1.92. The fourth-order valence-corrected chi connectivity index (χ4v) is 2.02. The standard InChI is InChI=1S/C15H22N2O4/c1-6-8-20-12(4)16-11(3)10-14(18)17(15(16)19)13(5)21-9-7-2/h6-7,10,12-13H,1-2,8-9H2,3-5H3/t12-,13-/m0/s1. The van der Waals surface area contributed by atoms with Gasteiger partial charge < -0.3 is 9.47 Å². The van der Waals surface area contributed by atoms with Crippen LogP contribution >= 0.6 is 0 Å². The van der Waals surface area contributed by atoms with Crippen LogP contribution < -0.4 is 11.2 Å². The Morgan fingerprint density at radius 2 is 1.57 bits per heavy atom. The lowest BCUT2D eigenvalue weighted by atomic mass is 10.4. The van der Waals surface area contributed by atoms with Crippen LogP contribution in [-0.2, 0) is 9.47 Å². The summed E-state index contributed by atoms with van der Waals surface area (Å²) in [6.45, 7) is 12.7. The summed E-state index contributed by atoms with van der Waals surface area (Å²) in [5.74, 6) is 0. The molecule has 0 aliphatic rings. The number of hydrogen-bond donors (Lipinski definition) is 0. The van der Waals surface area contributed by atoms with Gasteiger partial charge in [-0.2, -0.15) is 0 Å². The van der Waals surface area contributed by atoms with Gasteiger partial charge in [0.05, 0.1) is 13.2 Å². The van der Waals surface area contributed by atoms with Crippen molar-refractivity contribution in [3.63, 3.8) is 0 Å². The van der Waals surface area contributed by atoms with Crippen molar-refractivity contribution in [3.05, 3.63) is 57.9 Å². The Kier molecular flexibility index (Phi) is 6.33. The number of aryl methyl sites for hydroxylation is 1. The first kappa shape index (κ1) is 17.1. The molecule has 0 aliphatic carbocycles. The zero-order chi connectivity index (χ0) is 16.0. The summed E-state index contributed by atoms with van der Waals surface area (Å²) >= 11 is 0. The molecule has 0 N–H and O–H groups in total. The molecule has 0 unspecified atom stereocenters. The van der Waals surface area contributed by atoms with Gasteiger partial charge in [0.2, 0.25) is 0 Å². The topological polar surface area (TPSA) is 62.5 Å². The van der Waals surface area contributed by atoms with Crippen molar-refractivity contribution >= 4 is 0 Å². The highest BCUT2D eigenvalue weighted by molar-refractivity contribution is 5.01. The molecule has 0 spiro atoms. The van der Waals surface area contributed by atoms with Crippen LogP contribution in [0.4, 0.5) is 0 Å². The molecule has 21 heavy (non-hydrogen) atoms. The second-order valence-electron chi connectivity index (χ2n) is 4.59. The van der Waals surface area contributed by atoms with E-state index in [2.05, 4.69) is 13.2 Å². The van der Waals surface area contributed by atoms with Crippen LogP contribution in [0, 0.1) is 6.92 Å². The van der Waals surface area contributed by atoms with Gasteiger partial charge >= 0.3 is 5.69 Å². The van der Waals surface area contributed by atoms with E-state index in [-0.39, 0.29) is 6.61 Å². The average molecular weight is 294 g/mol. The van der Waals surface area contributed by atoms with Crippen molar-refractivity contribution in [2.24, 2.45) is 0 Å². The van der Waals surface area contributed by atoms with Crippen molar-refractivity contribution in [2.45, 2.75) is 33.2 Å². The lowest BCUT2D eigenvalue weighted by molar-refractivity contribution is 0.0107. The van der Waals surface area contributed by atoms with Gasteiger partial charge in [-0.1, -0.05) is 12.2 Å². The Bertz CT molecular complexity index is 615. The third kappa shape index (κ3) is 4.03. The van der Waals surface area contributed by atoms with Crippen LogP contribution in [0.1, 0.15) is 32.0 Å². The van der Waals surface area contributed by atoms with Gasteiger partial charge in [-0.25, -0.2) is 9.36 Å². The molecule has 6 heteroatoms. The van der Waals surface area contributed by atoms with Gasteiger partial charge in [0.25, 0.3) is 5.56 Å². The summed E-state index contributed by atoms with van der Waals surface area (Å²) in [7, 11) is 0. The zero-order valence-corrected chi connectivity index (χ0v) is 12.7. The highest BCUT2D eigenvalue weighted by Gasteiger charge is 2.17. The predicted molar refractivity (Wildman–Crippen MR) is 81.4 cm³/mol. The van der Waals surface area contributed by atoms with Gasteiger partial charge in [0.15, 0.2) is 0 Å². The van der Waals surface area contributed by atoms with E-state index in [1.165, 1.54) is 10.6 Å². The molecule has 116 valence electrons. The van der Waals surface area contributed by atoms with Gasteiger partial charge in [-0.3, -0.25) is 9.36 Å². The second kappa shape index (κ2) is 7.75. The van der Waals surface area contributed by atoms with Crippen LogP contribution in [0.15, 0.2) is 41.0 Å². The number of hydrogen-bond acceptors (Lipinski definition) is 4. The Morgan fingerprint density at radius 3 is 2.05 bits per heavy atom. The van der Waals surface area contributed by atoms with E-state index >= 15 is 0 Å². The SMILES string of the molecule is C=CCO[C@@H](C)n1c(C)cc(=O)n([C@H](C)OCC=C)c1=O. The molecule has 0 bridgehead atoms. The van der Waals surface area contributed by atoms with Crippen molar-refractivity contribution in [1.29, 1.82) is 0 Å². The highest BCUT2D eigenvalue weighted by Crippen LogP contribution is 2.08. The van der Waals surface area contributed by atoms with E-state index in [4.69, 9.17) is 9.47 Å². The molecule has 2 atom stereocenters. The maximum absolute atomic E-state index is 12.5. The molecule has 1 aromatic heterocycles. The van der Waals surface area contributed by atoms with Gasteiger partial charge in [-0.05, 0) is 20.8 Å². The maximum Gasteiger partial charge on any atom is 0.335 e. The lowest BCUT2D eigenvalue weighted by Crippen LogP contribution is -2.44. The fraction of sp³-hybridized carbons (Fsp3) is 0.467. The van der Waals surface area contributed by atoms with Crippen molar-refractivity contribution < 1.29 is 9.47 Å². The third-order valence-electron chi connectivity index (χ3n) is 3.00. The molecule has 0 saturated heterocycles. The van der Waals surface area contributed by atoms with Crippen molar-refractivity contribution in [3.8, 4) is 0 Å². The molecule has 0 amide bonds. The molecular weight excluding hydrogens is 272 g/mol. The zero-order valence-electron chi connectivity index (χ0n) is 12.7. The minimum absolute atomic E-state index is 0.253. The monoisotopic (exact) mass is 294 g/mol. The van der Waals surface area contributed by atoms with Gasteiger partial charge in [0, 0.05) is 11.8 Å². The number of rotatable bonds is 8. The number of nitrogens with zero attached hydrogens (tertiary/aromatic N) is 2. The van der Waals surface area contributed by atoms with E-state index in [1.807, 2.05) is 0 Å². The first-order valence-corrected chi connectivity index (χ1v) is 6.73. The van der Waals surface area contributed by atoms with Crippen LogP contribution in [-0.4, -0.2) is 22.3 Å². The molecule has 0 fully saturated rings. The second-order valence-corrected chi connectivity index (χ2v) is 4.59. The van der Waals surface area contributed by atoms with E-state index in [0.717, 1.165) is 4.57 Å². The first-order valence-electron chi connectivity index (χ1n) is 6.73. The van der Waals surface area contributed by atoms with Gasteiger partial charge in [-0.15, -0.1) is 13.2 Å².